The van der Waals surface area contributed by atoms with Crippen LogP contribution in [0.1, 0.15) is 25.5 Å². The first-order chi connectivity index (χ1) is 7.35. The molecule has 2 rings (SSSR count). The second-order valence-corrected chi connectivity index (χ2v) is 4.17. The van der Waals surface area contributed by atoms with Crippen LogP contribution in [0.25, 0.3) is 0 Å². The third-order valence-electron chi connectivity index (χ3n) is 3.32. The fourth-order valence-corrected chi connectivity index (χ4v) is 2.43. The molecule has 15 heavy (non-hydrogen) atoms. The van der Waals surface area contributed by atoms with Crippen LogP contribution in [0.2, 0.25) is 0 Å². The molecule has 2 heterocycles. The lowest BCUT2D eigenvalue weighted by atomic mass is 10.2. The predicted octanol–water partition coefficient (Wildman–Crippen LogP) is 0.826. The molecule has 1 fully saturated rings. The second-order valence-electron chi connectivity index (χ2n) is 4.17. The molecule has 0 aromatic carbocycles. The number of imidazole rings is 1. The van der Waals surface area contributed by atoms with Crippen molar-refractivity contribution in [1.29, 1.82) is 0 Å². The molecule has 1 atom stereocenters. The molecule has 0 bridgehead atoms. The molecule has 1 unspecified atom stereocenters. The number of aromatic nitrogens is 2. The largest absolute Gasteiger partial charge is 0.332 e. The van der Waals surface area contributed by atoms with Gasteiger partial charge in [-0.15, -0.1) is 0 Å². The maximum Gasteiger partial charge on any atom is 0.0949 e. The number of hydrogen-bond acceptors (Lipinski definition) is 3. The minimum absolute atomic E-state index is 0.582. The summed E-state index contributed by atoms with van der Waals surface area (Å²) in [7, 11) is 0. The van der Waals surface area contributed by atoms with E-state index in [2.05, 4.69) is 21.4 Å². The van der Waals surface area contributed by atoms with Crippen LogP contribution >= 0.6 is 0 Å². The number of likely N-dealkylation sites (tertiary alicyclic amines) is 1. The Morgan fingerprint density at radius 1 is 1.60 bits per heavy atom. The lowest BCUT2D eigenvalue weighted by Gasteiger charge is -2.23. The monoisotopic (exact) mass is 208 g/mol. The van der Waals surface area contributed by atoms with Gasteiger partial charge in [0.25, 0.3) is 0 Å². The van der Waals surface area contributed by atoms with Crippen molar-refractivity contribution >= 4 is 0 Å². The van der Waals surface area contributed by atoms with Crippen LogP contribution in [0, 0.1) is 0 Å². The van der Waals surface area contributed by atoms with Crippen molar-refractivity contribution in [3.05, 3.63) is 18.2 Å². The van der Waals surface area contributed by atoms with Gasteiger partial charge in [0.1, 0.15) is 0 Å². The Hall–Kier alpha value is -0.870. The molecular formula is C11H20N4. The van der Waals surface area contributed by atoms with Gasteiger partial charge in [-0.25, -0.2) is 4.98 Å². The maximum atomic E-state index is 5.66. The topological polar surface area (TPSA) is 47.1 Å². The van der Waals surface area contributed by atoms with Crippen LogP contribution in [-0.4, -0.2) is 33.6 Å². The zero-order valence-corrected chi connectivity index (χ0v) is 9.39. The van der Waals surface area contributed by atoms with Crippen LogP contribution in [0.4, 0.5) is 0 Å². The first-order valence-corrected chi connectivity index (χ1v) is 5.78. The minimum Gasteiger partial charge on any atom is -0.332 e. The quantitative estimate of drug-likeness (QED) is 0.797. The summed E-state index contributed by atoms with van der Waals surface area (Å²) in [5.41, 5.74) is 6.80. The van der Waals surface area contributed by atoms with Gasteiger partial charge in [0.05, 0.1) is 12.0 Å². The third kappa shape index (κ3) is 2.21. The Morgan fingerprint density at radius 3 is 3.20 bits per heavy atom. The molecule has 1 aromatic rings. The molecule has 1 saturated heterocycles. The van der Waals surface area contributed by atoms with Crippen molar-refractivity contribution in [2.24, 2.45) is 5.73 Å². The molecule has 2 N–H and O–H groups in total. The first-order valence-electron chi connectivity index (χ1n) is 5.78. The predicted molar refractivity (Wildman–Crippen MR) is 60.4 cm³/mol. The normalized spacial score (nSPS) is 22.4. The zero-order chi connectivity index (χ0) is 10.7. The molecule has 4 nitrogen and oxygen atoms in total. The van der Waals surface area contributed by atoms with Gasteiger partial charge in [-0.2, -0.15) is 0 Å². The fraction of sp³-hybridized carbons (Fsp3) is 0.727. The van der Waals surface area contributed by atoms with Gasteiger partial charge in [0, 0.05) is 25.3 Å². The Kier molecular flexibility index (Phi) is 3.38. The highest BCUT2D eigenvalue weighted by Gasteiger charge is 2.23. The van der Waals surface area contributed by atoms with Crippen LogP contribution in [0.3, 0.4) is 0 Å². The highest BCUT2D eigenvalue weighted by molar-refractivity contribution is 4.98. The van der Waals surface area contributed by atoms with E-state index < -0.39 is 0 Å². The smallest absolute Gasteiger partial charge is 0.0949 e. The van der Waals surface area contributed by atoms with E-state index in [1.165, 1.54) is 19.4 Å². The van der Waals surface area contributed by atoms with E-state index in [1.54, 1.807) is 0 Å². The number of likely N-dealkylation sites (N-methyl/N-ethyl adjacent to an activating group) is 1. The number of hydrogen-bond donors (Lipinski definition) is 1. The Morgan fingerprint density at radius 2 is 2.47 bits per heavy atom. The first kappa shape index (κ1) is 10.6. The third-order valence-corrected chi connectivity index (χ3v) is 3.32. The molecule has 0 radical (unpaired) electrons. The van der Waals surface area contributed by atoms with Crippen LogP contribution < -0.4 is 5.73 Å². The molecule has 1 aliphatic rings. The lowest BCUT2D eigenvalue weighted by molar-refractivity contribution is 0.243. The molecule has 0 amide bonds. The van der Waals surface area contributed by atoms with E-state index in [0.29, 0.717) is 12.6 Å². The zero-order valence-electron chi connectivity index (χ0n) is 9.39. The summed E-state index contributed by atoms with van der Waals surface area (Å²) in [6.45, 7) is 6.25. The molecule has 0 aliphatic carbocycles. The van der Waals surface area contributed by atoms with Crippen molar-refractivity contribution < 1.29 is 0 Å². The van der Waals surface area contributed by atoms with E-state index in [4.69, 9.17) is 5.73 Å². The van der Waals surface area contributed by atoms with Crippen LogP contribution in [-0.2, 0) is 13.1 Å². The molecule has 84 valence electrons. The Labute approximate surface area is 91.1 Å². The molecule has 0 saturated carbocycles. The molecular weight excluding hydrogens is 188 g/mol. The van der Waals surface area contributed by atoms with Gasteiger partial charge in [-0.3, -0.25) is 4.90 Å². The average Bonchev–Trinajstić information content (AvgIpc) is 2.87. The SMILES string of the molecule is CCN1CCCC1Cn1cncc1CN. The summed E-state index contributed by atoms with van der Waals surface area (Å²) in [6.07, 6.45) is 6.39. The van der Waals surface area contributed by atoms with E-state index in [-0.39, 0.29) is 0 Å². The summed E-state index contributed by atoms with van der Waals surface area (Å²) in [5.74, 6) is 0. The summed E-state index contributed by atoms with van der Waals surface area (Å²) in [6, 6.07) is 0.675. The fourth-order valence-electron chi connectivity index (χ4n) is 2.43. The minimum atomic E-state index is 0.582. The highest BCUT2D eigenvalue weighted by Crippen LogP contribution is 2.18. The summed E-state index contributed by atoms with van der Waals surface area (Å²) in [5, 5.41) is 0. The lowest BCUT2D eigenvalue weighted by Crippen LogP contribution is -2.33. The number of nitrogens with two attached hydrogens (primary N) is 1. The highest BCUT2D eigenvalue weighted by atomic mass is 15.2. The van der Waals surface area contributed by atoms with E-state index >= 15 is 0 Å². The average molecular weight is 208 g/mol. The number of nitrogens with zero attached hydrogens (tertiary/aromatic N) is 3. The standard InChI is InChI=1S/C11H20N4/c1-2-14-5-3-4-10(14)8-15-9-13-7-11(15)6-12/h7,9-10H,2-6,8,12H2,1H3. The van der Waals surface area contributed by atoms with Gasteiger partial charge in [0.15, 0.2) is 0 Å². The Bertz CT molecular complexity index is 307. The van der Waals surface area contributed by atoms with Crippen molar-refractivity contribution in [3.8, 4) is 0 Å². The van der Waals surface area contributed by atoms with Gasteiger partial charge >= 0.3 is 0 Å². The molecule has 1 aliphatic heterocycles. The van der Waals surface area contributed by atoms with E-state index in [9.17, 15) is 0 Å². The van der Waals surface area contributed by atoms with Gasteiger partial charge in [-0.1, -0.05) is 6.92 Å². The van der Waals surface area contributed by atoms with Gasteiger partial charge < -0.3 is 10.3 Å². The van der Waals surface area contributed by atoms with Crippen molar-refractivity contribution in [3.63, 3.8) is 0 Å². The van der Waals surface area contributed by atoms with E-state index in [0.717, 1.165) is 18.8 Å². The van der Waals surface area contributed by atoms with E-state index in [1.807, 2.05) is 12.5 Å². The van der Waals surface area contributed by atoms with Crippen LogP contribution in [0.5, 0.6) is 0 Å². The van der Waals surface area contributed by atoms with Crippen molar-refractivity contribution in [1.82, 2.24) is 14.5 Å². The van der Waals surface area contributed by atoms with Crippen molar-refractivity contribution in [2.75, 3.05) is 13.1 Å². The molecule has 1 aromatic heterocycles. The summed E-state index contributed by atoms with van der Waals surface area (Å²) < 4.78 is 2.19. The summed E-state index contributed by atoms with van der Waals surface area (Å²) in [4.78, 5) is 6.69. The van der Waals surface area contributed by atoms with Crippen LogP contribution in [0.15, 0.2) is 12.5 Å². The molecule has 4 heteroatoms. The number of rotatable bonds is 4. The van der Waals surface area contributed by atoms with Gasteiger partial charge in [0.2, 0.25) is 0 Å². The second kappa shape index (κ2) is 4.77. The summed E-state index contributed by atoms with van der Waals surface area (Å²) >= 11 is 0. The maximum absolute atomic E-state index is 5.66. The van der Waals surface area contributed by atoms with Crippen molar-refractivity contribution in [2.45, 2.75) is 38.9 Å². The molecule has 0 spiro atoms. The Balaban J connectivity index is 2.01. The van der Waals surface area contributed by atoms with Gasteiger partial charge in [-0.05, 0) is 25.9 Å².